The summed E-state index contributed by atoms with van der Waals surface area (Å²) in [5.41, 5.74) is 2.61. The fourth-order valence-electron chi connectivity index (χ4n) is 4.20. The van der Waals surface area contributed by atoms with Crippen LogP contribution in [0.2, 0.25) is 0 Å². The lowest BCUT2D eigenvalue weighted by Gasteiger charge is -2.43. The minimum Gasteiger partial charge on any atom is -0.438 e. The highest BCUT2D eigenvalue weighted by Gasteiger charge is 2.43. The van der Waals surface area contributed by atoms with Crippen molar-refractivity contribution in [1.29, 1.82) is 0 Å². The minimum atomic E-state index is -0.666. The van der Waals surface area contributed by atoms with Crippen LogP contribution >= 0.6 is 11.3 Å². The molecule has 0 aliphatic carbocycles. The number of ether oxygens (including phenoxy) is 1. The van der Waals surface area contributed by atoms with Crippen LogP contribution in [0.25, 0.3) is 10.4 Å². The smallest absolute Gasteiger partial charge is 0.411 e. The highest BCUT2D eigenvalue weighted by molar-refractivity contribution is 7.13. The molecule has 0 radical (unpaired) electrons. The van der Waals surface area contributed by atoms with Crippen molar-refractivity contribution in [3.63, 3.8) is 0 Å². The molecule has 0 unspecified atom stereocenters. The lowest BCUT2D eigenvalue weighted by atomic mass is 9.84. The number of nitrogens with zero attached hydrogens (tertiary/aromatic N) is 1. The van der Waals surface area contributed by atoms with Crippen LogP contribution in [0.5, 0.6) is 0 Å². The van der Waals surface area contributed by atoms with E-state index in [1.165, 1.54) is 10.4 Å². The molecule has 1 N–H and O–H groups in total. The van der Waals surface area contributed by atoms with Crippen LogP contribution in [-0.2, 0) is 10.3 Å². The Bertz CT molecular complexity index is 956. The summed E-state index contributed by atoms with van der Waals surface area (Å²) in [7, 11) is 0. The van der Waals surface area contributed by atoms with Crippen LogP contribution in [0.3, 0.4) is 0 Å². The zero-order valence-corrected chi connectivity index (χ0v) is 18.0. The second kappa shape index (κ2) is 9.02. The molecule has 2 aromatic carbocycles. The van der Waals surface area contributed by atoms with Gasteiger partial charge in [0.15, 0.2) is 0 Å². The Labute approximate surface area is 181 Å². The molecule has 4 rings (SSSR count). The molecule has 0 bridgehead atoms. The normalized spacial score (nSPS) is 20.1. The molecule has 1 aliphatic heterocycles. The molecular formula is C25H27NO3S. The van der Waals surface area contributed by atoms with Gasteiger partial charge in [0.05, 0.1) is 6.04 Å². The summed E-state index contributed by atoms with van der Waals surface area (Å²) in [5, 5.41) is 11.4. The standard InChI is InChI=1S/C25H27NO3S/c1-19(20-10-12-21(13-11-20)23-9-5-18-30-23)26-16-15-25(14-6-17-27,29-24(26)28)22-7-3-2-4-8-22/h2-5,7-13,18-19,27H,6,14-17H2,1H3/t19-,25+/m0/s1. The van der Waals surface area contributed by atoms with E-state index in [4.69, 9.17) is 4.74 Å². The first-order valence-corrected chi connectivity index (χ1v) is 11.3. The molecule has 1 amide bonds. The fourth-order valence-corrected chi connectivity index (χ4v) is 4.93. The van der Waals surface area contributed by atoms with Gasteiger partial charge in [0.1, 0.15) is 5.60 Å². The van der Waals surface area contributed by atoms with Crippen LogP contribution in [0.1, 0.15) is 43.4 Å². The van der Waals surface area contributed by atoms with E-state index in [0.717, 1.165) is 11.1 Å². The maximum atomic E-state index is 13.1. The van der Waals surface area contributed by atoms with E-state index in [1.54, 1.807) is 16.2 Å². The molecule has 2 atom stereocenters. The topological polar surface area (TPSA) is 49.8 Å². The van der Waals surface area contributed by atoms with Gasteiger partial charge in [-0.2, -0.15) is 0 Å². The maximum absolute atomic E-state index is 13.1. The first kappa shape index (κ1) is 20.6. The molecule has 3 aromatic rings. The average molecular weight is 422 g/mol. The Morgan fingerprint density at radius 2 is 1.87 bits per heavy atom. The summed E-state index contributed by atoms with van der Waals surface area (Å²) in [4.78, 5) is 16.1. The SMILES string of the molecule is C[C@@H](c1ccc(-c2cccs2)cc1)N1CC[C@](CCCO)(c2ccccc2)OC1=O. The van der Waals surface area contributed by atoms with Crippen molar-refractivity contribution < 1.29 is 14.6 Å². The van der Waals surface area contributed by atoms with Crippen molar-refractivity contribution in [2.45, 2.75) is 37.8 Å². The van der Waals surface area contributed by atoms with Gasteiger partial charge in [0.2, 0.25) is 0 Å². The Kier molecular flexibility index (Phi) is 6.21. The largest absolute Gasteiger partial charge is 0.438 e. The minimum absolute atomic E-state index is 0.0681. The molecule has 2 heterocycles. The van der Waals surface area contributed by atoms with Crippen LogP contribution in [-0.4, -0.2) is 29.3 Å². The fraction of sp³-hybridized carbons (Fsp3) is 0.320. The number of hydrogen-bond donors (Lipinski definition) is 1. The summed E-state index contributed by atoms with van der Waals surface area (Å²) in [6, 6.07) is 22.4. The van der Waals surface area contributed by atoms with E-state index in [1.807, 2.05) is 37.3 Å². The van der Waals surface area contributed by atoms with Crippen molar-refractivity contribution in [1.82, 2.24) is 4.90 Å². The van der Waals surface area contributed by atoms with Crippen LogP contribution in [0, 0.1) is 0 Å². The Balaban J connectivity index is 1.51. The van der Waals surface area contributed by atoms with E-state index in [0.29, 0.717) is 25.8 Å². The summed E-state index contributed by atoms with van der Waals surface area (Å²) in [6.45, 7) is 2.75. The number of hydrogen-bond acceptors (Lipinski definition) is 4. The lowest BCUT2D eigenvalue weighted by molar-refractivity contribution is -0.0680. The second-order valence-corrected chi connectivity index (χ2v) is 8.72. The number of rotatable bonds is 7. The summed E-state index contributed by atoms with van der Waals surface area (Å²) in [6.07, 6.45) is 1.64. The number of benzene rings is 2. The molecule has 30 heavy (non-hydrogen) atoms. The summed E-state index contributed by atoms with van der Waals surface area (Å²) >= 11 is 1.72. The van der Waals surface area contributed by atoms with Gasteiger partial charge in [-0.25, -0.2) is 4.79 Å². The van der Waals surface area contributed by atoms with E-state index in [-0.39, 0.29) is 18.7 Å². The molecule has 0 saturated carbocycles. The van der Waals surface area contributed by atoms with Gasteiger partial charge >= 0.3 is 6.09 Å². The van der Waals surface area contributed by atoms with Gasteiger partial charge in [-0.05, 0) is 47.9 Å². The van der Waals surface area contributed by atoms with E-state index in [9.17, 15) is 9.90 Å². The number of cyclic esters (lactones) is 1. The van der Waals surface area contributed by atoms with Crippen molar-refractivity contribution in [3.8, 4) is 10.4 Å². The van der Waals surface area contributed by atoms with Gasteiger partial charge in [-0.1, -0.05) is 60.7 Å². The number of aliphatic hydroxyl groups is 1. The van der Waals surface area contributed by atoms with Crippen LogP contribution < -0.4 is 0 Å². The second-order valence-electron chi connectivity index (χ2n) is 7.77. The van der Waals surface area contributed by atoms with E-state index in [2.05, 4.69) is 41.8 Å². The zero-order valence-electron chi connectivity index (χ0n) is 17.2. The predicted octanol–water partition coefficient (Wildman–Crippen LogP) is 5.99. The third-order valence-corrected chi connectivity index (χ3v) is 6.90. The Morgan fingerprint density at radius 1 is 1.10 bits per heavy atom. The van der Waals surface area contributed by atoms with Crippen LogP contribution in [0.4, 0.5) is 4.79 Å². The highest BCUT2D eigenvalue weighted by Crippen LogP contribution is 2.40. The first-order valence-electron chi connectivity index (χ1n) is 10.4. The zero-order chi connectivity index (χ0) is 21.0. The van der Waals surface area contributed by atoms with Crippen molar-refractivity contribution >= 4 is 17.4 Å². The summed E-state index contributed by atoms with van der Waals surface area (Å²) in [5.74, 6) is 0. The van der Waals surface area contributed by atoms with Gasteiger partial charge in [-0.15, -0.1) is 11.3 Å². The lowest BCUT2D eigenvalue weighted by Crippen LogP contribution is -2.48. The third-order valence-electron chi connectivity index (χ3n) is 5.98. The van der Waals surface area contributed by atoms with E-state index < -0.39 is 5.60 Å². The first-order chi connectivity index (χ1) is 14.6. The molecule has 5 heteroatoms. The van der Waals surface area contributed by atoms with Crippen molar-refractivity contribution in [3.05, 3.63) is 83.2 Å². The van der Waals surface area contributed by atoms with E-state index >= 15 is 0 Å². The third kappa shape index (κ3) is 4.13. The molecule has 1 saturated heterocycles. The maximum Gasteiger partial charge on any atom is 0.411 e. The quantitative estimate of drug-likeness (QED) is 0.510. The van der Waals surface area contributed by atoms with Gasteiger partial charge in [0, 0.05) is 24.4 Å². The monoisotopic (exact) mass is 421 g/mol. The molecule has 1 aromatic heterocycles. The number of thiophene rings is 1. The summed E-state index contributed by atoms with van der Waals surface area (Å²) < 4.78 is 6.08. The predicted molar refractivity (Wildman–Crippen MR) is 120 cm³/mol. The molecule has 1 aliphatic rings. The number of carbonyl (C=O) groups excluding carboxylic acids is 1. The molecule has 1 fully saturated rings. The number of amides is 1. The average Bonchev–Trinajstić information content (AvgIpc) is 3.33. The van der Waals surface area contributed by atoms with Crippen LogP contribution in [0.15, 0.2) is 72.1 Å². The highest BCUT2D eigenvalue weighted by atomic mass is 32.1. The van der Waals surface area contributed by atoms with Gasteiger partial charge in [-0.3, -0.25) is 0 Å². The molecule has 156 valence electrons. The molecular weight excluding hydrogens is 394 g/mol. The number of aliphatic hydroxyl groups excluding tert-OH is 1. The number of carbonyl (C=O) groups is 1. The molecule has 0 spiro atoms. The van der Waals surface area contributed by atoms with Crippen molar-refractivity contribution in [2.24, 2.45) is 0 Å². The molecule has 4 nitrogen and oxygen atoms in total. The van der Waals surface area contributed by atoms with Gasteiger partial charge in [0.25, 0.3) is 0 Å². The van der Waals surface area contributed by atoms with Gasteiger partial charge < -0.3 is 14.7 Å². The Hall–Kier alpha value is -2.63. The van der Waals surface area contributed by atoms with Crippen molar-refractivity contribution in [2.75, 3.05) is 13.2 Å². The Morgan fingerprint density at radius 3 is 2.50 bits per heavy atom.